The third-order valence-electron chi connectivity index (χ3n) is 2.43. The summed E-state index contributed by atoms with van der Waals surface area (Å²) in [6.45, 7) is 0.225. The largest absolute Gasteiger partial charge is 0.481 e. The van der Waals surface area contributed by atoms with Crippen LogP contribution >= 0.6 is 0 Å². The van der Waals surface area contributed by atoms with E-state index < -0.39 is 5.97 Å². The zero-order valence-corrected chi connectivity index (χ0v) is 9.67. The van der Waals surface area contributed by atoms with Crippen molar-refractivity contribution >= 4 is 22.8 Å². The molecule has 1 aromatic carbocycles. The van der Waals surface area contributed by atoms with Gasteiger partial charge in [-0.05, 0) is 6.07 Å². The fraction of sp³-hybridized carbons (Fsp3) is 0.250. The molecule has 0 unspecified atom stereocenters. The smallest absolute Gasteiger partial charge is 0.305 e. The summed E-state index contributed by atoms with van der Waals surface area (Å²) in [5.74, 6) is -1.18. The van der Waals surface area contributed by atoms with Gasteiger partial charge in [0.15, 0.2) is 0 Å². The Morgan fingerprint density at radius 3 is 2.83 bits per heavy atom. The lowest BCUT2D eigenvalue weighted by Gasteiger charge is -2.03. The quantitative estimate of drug-likeness (QED) is 0.811. The number of rotatable bonds is 5. The zero-order chi connectivity index (χ0) is 13.0. The number of benzene rings is 1. The Balaban J connectivity index is 1.92. The highest BCUT2D eigenvalue weighted by Gasteiger charge is 2.05. The first kappa shape index (κ1) is 12.1. The van der Waals surface area contributed by atoms with Crippen LogP contribution in [0, 0.1) is 0 Å². The Kier molecular flexibility index (Phi) is 3.57. The summed E-state index contributed by atoms with van der Waals surface area (Å²) in [6.07, 6.45) is 1.71. The van der Waals surface area contributed by atoms with E-state index in [9.17, 15) is 9.59 Å². The normalized spacial score (nSPS) is 10.4. The van der Waals surface area contributed by atoms with E-state index in [1.165, 1.54) is 0 Å². The predicted molar refractivity (Wildman–Crippen MR) is 65.0 cm³/mol. The summed E-state index contributed by atoms with van der Waals surface area (Å²) >= 11 is 0. The van der Waals surface area contributed by atoms with Gasteiger partial charge in [-0.1, -0.05) is 18.2 Å². The van der Waals surface area contributed by atoms with Crippen molar-refractivity contribution in [2.75, 3.05) is 6.54 Å². The van der Waals surface area contributed by atoms with Gasteiger partial charge in [0.25, 0.3) is 0 Å². The second-order valence-electron chi connectivity index (χ2n) is 3.88. The fourth-order valence-corrected chi connectivity index (χ4v) is 1.61. The van der Waals surface area contributed by atoms with Crippen LogP contribution in [0.15, 0.2) is 30.5 Å². The van der Waals surface area contributed by atoms with Gasteiger partial charge in [0.2, 0.25) is 5.91 Å². The zero-order valence-electron chi connectivity index (χ0n) is 9.67. The summed E-state index contributed by atoms with van der Waals surface area (Å²) in [7, 11) is 0. The van der Waals surface area contributed by atoms with Crippen molar-refractivity contribution in [1.82, 2.24) is 15.1 Å². The van der Waals surface area contributed by atoms with Crippen LogP contribution in [0.5, 0.6) is 0 Å². The molecule has 0 saturated heterocycles. The van der Waals surface area contributed by atoms with Gasteiger partial charge in [-0.2, -0.15) is 5.10 Å². The number of hydrogen-bond donors (Lipinski definition) is 2. The highest BCUT2D eigenvalue weighted by molar-refractivity contribution is 5.80. The molecule has 1 amide bonds. The lowest BCUT2D eigenvalue weighted by molar-refractivity contribution is -0.136. The van der Waals surface area contributed by atoms with E-state index in [4.69, 9.17) is 5.11 Å². The average molecular weight is 247 g/mol. The Morgan fingerprint density at radius 1 is 1.33 bits per heavy atom. The van der Waals surface area contributed by atoms with Crippen LogP contribution in [0.3, 0.4) is 0 Å². The van der Waals surface area contributed by atoms with Gasteiger partial charge in [0.05, 0.1) is 11.9 Å². The number of nitrogens with one attached hydrogen (secondary N) is 1. The molecule has 0 aliphatic rings. The van der Waals surface area contributed by atoms with E-state index in [2.05, 4.69) is 10.4 Å². The van der Waals surface area contributed by atoms with Crippen molar-refractivity contribution in [3.8, 4) is 0 Å². The minimum atomic E-state index is -0.930. The van der Waals surface area contributed by atoms with Crippen molar-refractivity contribution in [3.63, 3.8) is 0 Å². The Hall–Kier alpha value is -2.37. The first-order valence-corrected chi connectivity index (χ1v) is 5.56. The molecule has 6 nitrogen and oxygen atoms in total. The molecule has 18 heavy (non-hydrogen) atoms. The van der Waals surface area contributed by atoms with Gasteiger partial charge in [-0.3, -0.25) is 14.3 Å². The maximum atomic E-state index is 11.5. The molecular formula is C12H13N3O3. The van der Waals surface area contributed by atoms with Gasteiger partial charge >= 0.3 is 5.97 Å². The number of aliphatic carboxylic acids is 1. The highest BCUT2D eigenvalue weighted by Crippen LogP contribution is 2.10. The van der Waals surface area contributed by atoms with Crippen LogP contribution < -0.4 is 5.32 Å². The van der Waals surface area contributed by atoms with E-state index in [1.807, 2.05) is 24.3 Å². The lowest BCUT2D eigenvalue weighted by Crippen LogP contribution is -2.29. The molecule has 0 atom stereocenters. The lowest BCUT2D eigenvalue weighted by atomic mass is 10.3. The van der Waals surface area contributed by atoms with Crippen molar-refractivity contribution in [3.05, 3.63) is 30.5 Å². The summed E-state index contributed by atoms with van der Waals surface area (Å²) in [4.78, 5) is 21.8. The van der Waals surface area contributed by atoms with Gasteiger partial charge < -0.3 is 10.4 Å². The third kappa shape index (κ3) is 3.07. The number of amides is 1. The molecule has 1 aromatic heterocycles. The first-order chi connectivity index (χ1) is 8.65. The van der Waals surface area contributed by atoms with Crippen molar-refractivity contribution in [1.29, 1.82) is 0 Å². The summed E-state index contributed by atoms with van der Waals surface area (Å²) in [5.41, 5.74) is 0.829. The molecule has 0 radical (unpaired) electrons. The van der Waals surface area contributed by atoms with Crippen LogP contribution in [0.1, 0.15) is 6.42 Å². The average Bonchev–Trinajstić information content (AvgIpc) is 2.70. The second-order valence-corrected chi connectivity index (χ2v) is 3.88. The minimum absolute atomic E-state index is 0.0766. The van der Waals surface area contributed by atoms with Gasteiger partial charge in [0.1, 0.15) is 6.54 Å². The maximum Gasteiger partial charge on any atom is 0.305 e. The molecule has 0 fully saturated rings. The molecule has 0 spiro atoms. The van der Waals surface area contributed by atoms with Crippen molar-refractivity contribution in [2.45, 2.75) is 13.0 Å². The van der Waals surface area contributed by atoms with Gasteiger partial charge in [-0.15, -0.1) is 0 Å². The molecule has 2 rings (SSSR count). The van der Waals surface area contributed by atoms with Crippen LogP contribution in [0.25, 0.3) is 10.9 Å². The van der Waals surface area contributed by atoms with Crippen LogP contribution in [-0.2, 0) is 16.1 Å². The Bertz CT molecular complexity index is 544. The number of carboxylic acid groups (broad SMARTS) is 1. The summed E-state index contributed by atoms with van der Waals surface area (Å²) in [6, 6.07) is 7.57. The topological polar surface area (TPSA) is 84.2 Å². The SMILES string of the molecule is O=C(O)CCNC(=O)Cn1cc2ccccc2n1. The molecule has 1 heterocycles. The Morgan fingerprint density at radius 2 is 2.11 bits per heavy atom. The molecule has 0 aliphatic heterocycles. The standard InChI is InChI=1S/C12H13N3O3/c16-11(13-6-5-12(17)18)8-15-7-9-3-1-2-4-10(9)14-15/h1-4,7H,5-6,8H2,(H,13,16)(H,17,18). The predicted octanol–water partition coefficient (Wildman–Crippen LogP) is 0.627. The van der Waals surface area contributed by atoms with Crippen LogP contribution in [0.4, 0.5) is 0 Å². The molecule has 94 valence electrons. The van der Waals surface area contributed by atoms with Gasteiger partial charge in [-0.25, -0.2) is 0 Å². The first-order valence-electron chi connectivity index (χ1n) is 5.56. The number of fused-ring (bicyclic) bond motifs is 1. The van der Waals surface area contributed by atoms with E-state index >= 15 is 0 Å². The maximum absolute atomic E-state index is 11.5. The Labute approximate surface area is 103 Å². The van der Waals surface area contributed by atoms with E-state index in [0.29, 0.717) is 0 Å². The summed E-state index contributed by atoms with van der Waals surface area (Å²) in [5, 5.41) is 16.2. The highest BCUT2D eigenvalue weighted by atomic mass is 16.4. The van der Waals surface area contributed by atoms with Crippen molar-refractivity contribution < 1.29 is 14.7 Å². The number of hydrogen-bond acceptors (Lipinski definition) is 3. The third-order valence-corrected chi connectivity index (χ3v) is 2.43. The van der Waals surface area contributed by atoms with E-state index in [-0.39, 0.29) is 25.4 Å². The molecule has 0 bridgehead atoms. The number of nitrogens with zero attached hydrogens (tertiary/aromatic N) is 2. The number of carbonyl (C=O) groups excluding carboxylic acids is 1. The molecule has 6 heteroatoms. The van der Waals surface area contributed by atoms with E-state index in [0.717, 1.165) is 10.9 Å². The minimum Gasteiger partial charge on any atom is -0.481 e. The molecule has 2 aromatic rings. The number of carbonyl (C=O) groups is 2. The van der Waals surface area contributed by atoms with Crippen LogP contribution in [0.2, 0.25) is 0 Å². The molecule has 2 N–H and O–H groups in total. The second kappa shape index (κ2) is 5.31. The number of carboxylic acids is 1. The summed E-state index contributed by atoms with van der Waals surface area (Å²) < 4.78 is 1.54. The molecule has 0 saturated carbocycles. The van der Waals surface area contributed by atoms with Gasteiger partial charge in [0, 0.05) is 18.1 Å². The van der Waals surface area contributed by atoms with Crippen LogP contribution in [-0.4, -0.2) is 33.3 Å². The van der Waals surface area contributed by atoms with Crippen molar-refractivity contribution in [2.24, 2.45) is 0 Å². The fourth-order valence-electron chi connectivity index (χ4n) is 1.61. The molecular weight excluding hydrogens is 234 g/mol. The number of aromatic nitrogens is 2. The molecule has 0 aliphatic carbocycles. The van der Waals surface area contributed by atoms with E-state index in [1.54, 1.807) is 10.9 Å². The monoisotopic (exact) mass is 247 g/mol.